The molecule has 0 aliphatic carbocycles. The van der Waals surface area contributed by atoms with E-state index < -0.39 is 29.6 Å². The van der Waals surface area contributed by atoms with E-state index in [1.807, 2.05) is 0 Å². The van der Waals surface area contributed by atoms with Crippen LogP contribution in [0.3, 0.4) is 0 Å². The van der Waals surface area contributed by atoms with Gasteiger partial charge in [0.05, 0.1) is 7.11 Å². The number of hydrogen-bond acceptors (Lipinski definition) is 6. The number of imide groups is 1. The van der Waals surface area contributed by atoms with Crippen LogP contribution in [0, 0.1) is 0 Å². The highest BCUT2D eigenvalue weighted by molar-refractivity contribution is 6.08. The number of hydrogen-bond donors (Lipinski definition) is 0. The lowest BCUT2D eigenvalue weighted by molar-refractivity contribution is -0.148. The average Bonchev–Trinajstić information content (AvgIpc) is 2.63. The van der Waals surface area contributed by atoms with Gasteiger partial charge in [0.15, 0.2) is 0 Å². The molecule has 0 aromatic heterocycles. The van der Waals surface area contributed by atoms with Crippen molar-refractivity contribution in [2.75, 3.05) is 21.2 Å². The van der Waals surface area contributed by atoms with Gasteiger partial charge < -0.3 is 14.4 Å². The highest BCUT2D eigenvalue weighted by Gasteiger charge is 2.46. The monoisotopic (exact) mass is 298 g/mol. The molecule has 118 valence electrons. The fraction of sp³-hybridized carbons (Fsp3) is 0.643. The summed E-state index contributed by atoms with van der Waals surface area (Å²) in [4.78, 5) is 38.8. The van der Waals surface area contributed by atoms with E-state index in [2.05, 4.69) is 4.74 Å². The number of likely N-dealkylation sites (tertiary alicyclic amines) is 1. The molecule has 0 aromatic carbocycles. The zero-order chi connectivity index (χ0) is 16.4. The van der Waals surface area contributed by atoms with Crippen LogP contribution < -0.4 is 0 Å². The van der Waals surface area contributed by atoms with Crippen molar-refractivity contribution in [2.24, 2.45) is 0 Å². The van der Waals surface area contributed by atoms with E-state index in [9.17, 15) is 14.4 Å². The molecule has 1 rings (SSSR count). The van der Waals surface area contributed by atoms with Crippen molar-refractivity contribution < 1.29 is 23.9 Å². The zero-order valence-electron chi connectivity index (χ0n) is 13.3. The predicted octanol–water partition coefficient (Wildman–Crippen LogP) is 1.14. The number of ether oxygens (including phenoxy) is 2. The van der Waals surface area contributed by atoms with Gasteiger partial charge in [0, 0.05) is 32.3 Å². The Hall–Kier alpha value is -2.05. The van der Waals surface area contributed by atoms with E-state index >= 15 is 0 Å². The molecule has 0 spiro atoms. The van der Waals surface area contributed by atoms with Gasteiger partial charge in [-0.2, -0.15) is 0 Å². The Morgan fingerprint density at radius 3 is 2.33 bits per heavy atom. The van der Waals surface area contributed by atoms with E-state index in [4.69, 9.17) is 4.74 Å². The number of carbonyl (C=O) groups excluding carboxylic acids is 3. The van der Waals surface area contributed by atoms with Crippen molar-refractivity contribution in [3.63, 3.8) is 0 Å². The third-order valence-electron chi connectivity index (χ3n) is 2.70. The molecule has 1 aliphatic heterocycles. The summed E-state index contributed by atoms with van der Waals surface area (Å²) in [6.45, 7) is 5.07. The summed E-state index contributed by atoms with van der Waals surface area (Å²) in [5.74, 6) is -1.18. The summed E-state index contributed by atoms with van der Waals surface area (Å²) in [6.07, 6.45) is 0.857. The second-order valence-electron chi connectivity index (χ2n) is 6.02. The van der Waals surface area contributed by atoms with Gasteiger partial charge in [-0.3, -0.25) is 4.79 Å². The van der Waals surface area contributed by atoms with E-state index in [-0.39, 0.29) is 6.42 Å². The summed E-state index contributed by atoms with van der Waals surface area (Å²) in [6, 6.07) is -0.983. The van der Waals surface area contributed by atoms with Gasteiger partial charge in [0.1, 0.15) is 11.6 Å². The number of esters is 1. The second kappa shape index (κ2) is 6.15. The Morgan fingerprint density at radius 2 is 1.90 bits per heavy atom. The van der Waals surface area contributed by atoms with Crippen molar-refractivity contribution >= 4 is 18.0 Å². The molecule has 0 unspecified atom stereocenters. The van der Waals surface area contributed by atoms with Crippen LogP contribution in [0.2, 0.25) is 0 Å². The van der Waals surface area contributed by atoms with Crippen LogP contribution in [0.25, 0.3) is 0 Å². The van der Waals surface area contributed by atoms with Crippen LogP contribution in [0.4, 0.5) is 4.79 Å². The Bertz CT molecular complexity index is 476. The predicted molar refractivity (Wildman–Crippen MR) is 75.3 cm³/mol. The lowest BCUT2D eigenvalue weighted by Gasteiger charge is -2.25. The lowest BCUT2D eigenvalue weighted by atomic mass is 10.1. The summed E-state index contributed by atoms with van der Waals surface area (Å²) >= 11 is 0. The standard InChI is InChI=1S/C14H22N2O5/c1-14(2,3)21-13(19)16-10(12(18)20-6)7-9(11(16)17)8-15(4)5/h8,10H,7H2,1-6H3/b9-8-/t10-/m1/s1. The van der Waals surface area contributed by atoms with Crippen LogP contribution in [0.1, 0.15) is 27.2 Å². The molecule has 7 nitrogen and oxygen atoms in total. The highest BCUT2D eigenvalue weighted by Crippen LogP contribution is 2.27. The quantitative estimate of drug-likeness (QED) is 0.562. The van der Waals surface area contributed by atoms with Crippen molar-refractivity contribution in [3.8, 4) is 0 Å². The van der Waals surface area contributed by atoms with Gasteiger partial charge in [-0.1, -0.05) is 0 Å². The molecule has 1 saturated heterocycles. The third-order valence-corrected chi connectivity index (χ3v) is 2.70. The summed E-state index contributed by atoms with van der Waals surface area (Å²) < 4.78 is 9.85. The van der Waals surface area contributed by atoms with Crippen molar-refractivity contribution in [2.45, 2.75) is 38.8 Å². The second-order valence-corrected chi connectivity index (χ2v) is 6.02. The largest absolute Gasteiger partial charge is 0.467 e. The fourth-order valence-corrected chi connectivity index (χ4v) is 1.95. The molecule has 0 radical (unpaired) electrons. The minimum absolute atomic E-state index is 0.114. The number of carbonyl (C=O) groups is 3. The van der Waals surface area contributed by atoms with E-state index in [1.54, 1.807) is 46.0 Å². The van der Waals surface area contributed by atoms with Crippen LogP contribution in [-0.4, -0.2) is 60.6 Å². The van der Waals surface area contributed by atoms with Crippen molar-refractivity contribution in [1.29, 1.82) is 0 Å². The molecule has 0 aromatic rings. The van der Waals surface area contributed by atoms with Gasteiger partial charge in [-0.25, -0.2) is 14.5 Å². The van der Waals surface area contributed by atoms with E-state index in [0.29, 0.717) is 5.57 Å². The van der Waals surface area contributed by atoms with Gasteiger partial charge >= 0.3 is 12.1 Å². The minimum Gasteiger partial charge on any atom is -0.467 e. The molecule has 7 heteroatoms. The molecule has 21 heavy (non-hydrogen) atoms. The molecule has 1 aliphatic rings. The van der Waals surface area contributed by atoms with Gasteiger partial charge in [-0.15, -0.1) is 0 Å². The lowest BCUT2D eigenvalue weighted by Crippen LogP contribution is -2.45. The third kappa shape index (κ3) is 4.21. The van der Waals surface area contributed by atoms with Crippen molar-refractivity contribution in [3.05, 3.63) is 11.8 Å². The van der Waals surface area contributed by atoms with E-state index in [1.165, 1.54) is 7.11 Å². The Balaban J connectivity index is 3.09. The molecule has 0 bridgehead atoms. The summed E-state index contributed by atoms with van der Waals surface area (Å²) in [5.41, 5.74) is -0.396. The Morgan fingerprint density at radius 1 is 1.33 bits per heavy atom. The first-order valence-electron chi connectivity index (χ1n) is 6.58. The van der Waals surface area contributed by atoms with Crippen molar-refractivity contribution in [1.82, 2.24) is 9.80 Å². The first kappa shape index (κ1) is 17.0. The Kier molecular flexibility index (Phi) is 4.98. The van der Waals surface area contributed by atoms with Gasteiger partial charge in [-0.05, 0) is 20.8 Å². The van der Waals surface area contributed by atoms with Crippen LogP contribution in [0.15, 0.2) is 11.8 Å². The number of amides is 2. The Labute approximate surface area is 124 Å². The summed E-state index contributed by atoms with van der Waals surface area (Å²) in [5, 5.41) is 0. The first-order chi connectivity index (χ1) is 9.56. The highest BCUT2D eigenvalue weighted by atomic mass is 16.6. The molecule has 0 saturated carbocycles. The molecule has 2 amide bonds. The molecular formula is C14H22N2O5. The minimum atomic E-state index is -0.983. The van der Waals surface area contributed by atoms with Gasteiger partial charge in [0.2, 0.25) is 0 Å². The molecule has 0 N–H and O–H groups in total. The number of methoxy groups -OCH3 is 1. The topological polar surface area (TPSA) is 76.2 Å². The maximum absolute atomic E-state index is 12.3. The van der Waals surface area contributed by atoms with Gasteiger partial charge in [0.25, 0.3) is 5.91 Å². The smallest absolute Gasteiger partial charge is 0.418 e. The maximum atomic E-state index is 12.3. The normalized spacial score (nSPS) is 20.7. The number of nitrogens with zero attached hydrogens (tertiary/aromatic N) is 2. The summed E-state index contributed by atoms with van der Waals surface area (Å²) in [7, 11) is 4.72. The maximum Gasteiger partial charge on any atom is 0.418 e. The fourth-order valence-electron chi connectivity index (χ4n) is 1.95. The average molecular weight is 298 g/mol. The molecular weight excluding hydrogens is 276 g/mol. The van der Waals surface area contributed by atoms with Crippen LogP contribution >= 0.6 is 0 Å². The van der Waals surface area contributed by atoms with Crippen LogP contribution in [-0.2, 0) is 19.1 Å². The number of rotatable bonds is 2. The van der Waals surface area contributed by atoms with Crippen LogP contribution in [0.5, 0.6) is 0 Å². The SMILES string of the molecule is COC(=O)[C@H]1C/C(=C/N(C)C)C(=O)N1C(=O)OC(C)(C)C. The van der Waals surface area contributed by atoms with E-state index in [0.717, 1.165) is 4.90 Å². The molecule has 1 atom stereocenters. The molecule has 1 heterocycles. The zero-order valence-corrected chi connectivity index (χ0v) is 13.3. The molecule has 1 fully saturated rings. The first-order valence-corrected chi connectivity index (χ1v) is 6.58.